The highest BCUT2D eigenvalue weighted by molar-refractivity contribution is 8.00. The van der Waals surface area contributed by atoms with Crippen molar-refractivity contribution < 1.29 is 22.3 Å². The molecule has 0 radical (unpaired) electrons. The average molecular weight is 296 g/mol. The number of thioether (sulfide) groups is 1. The van der Waals surface area contributed by atoms with E-state index in [4.69, 9.17) is 5.11 Å². The van der Waals surface area contributed by atoms with Gasteiger partial charge in [-0.3, -0.25) is 0 Å². The fourth-order valence-electron chi connectivity index (χ4n) is 1.19. The fourth-order valence-corrected chi connectivity index (χ4v) is 3.47. The highest BCUT2D eigenvalue weighted by Gasteiger charge is 2.29. The molecule has 3 nitrogen and oxygen atoms in total. The van der Waals surface area contributed by atoms with Crippen LogP contribution in [0.15, 0.2) is 34.1 Å². The van der Waals surface area contributed by atoms with Crippen LogP contribution in [0.5, 0.6) is 0 Å². The number of sulfone groups is 1. The van der Waals surface area contributed by atoms with Gasteiger partial charge < -0.3 is 5.11 Å². The average Bonchev–Trinajstić information content (AvgIpc) is 2.35. The van der Waals surface area contributed by atoms with Crippen LogP contribution in [-0.4, -0.2) is 31.6 Å². The van der Waals surface area contributed by atoms with Crippen molar-refractivity contribution in [1.29, 1.82) is 0 Å². The summed E-state index contributed by atoms with van der Waals surface area (Å²) in [6, 6.07) is 5.67. The number of aliphatic hydroxyl groups is 1. The summed E-state index contributed by atoms with van der Waals surface area (Å²) in [7, 11) is -4.58. The molecule has 0 heterocycles. The number of halogens is 2. The van der Waals surface area contributed by atoms with Crippen molar-refractivity contribution in [2.75, 3.05) is 12.4 Å². The summed E-state index contributed by atoms with van der Waals surface area (Å²) < 4.78 is 47.9. The first kappa shape index (κ1) is 15.4. The fraction of sp³-hybridized carbons (Fsp3) is 0.455. The van der Waals surface area contributed by atoms with E-state index in [1.165, 1.54) is 18.2 Å². The third kappa shape index (κ3) is 3.66. The molecule has 0 amide bonds. The highest BCUT2D eigenvalue weighted by Crippen LogP contribution is 2.30. The quantitative estimate of drug-likeness (QED) is 0.819. The Labute approximate surface area is 109 Å². The predicted molar refractivity (Wildman–Crippen MR) is 66.6 cm³/mol. The minimum Gasteiger partial charge on any atom is -0.396 e. The summed E-state index contributed by atoms with van der Waals surface area (Å²) in [4.78, 5) is -0.0618. The maximum Gasteiger partial charge on any atom is 0.341 e. The van der Waals surface area contributed by atoms with Crippen LogP contribution in [0, 0.1) is 5.92 Å². The van der Waals surface area contributed by atoms with Gasteiger partial charge in [-0.25, -0.2) is 8.42 Å². The molecular formula is C11H14F2O3S2. The van der Waals surface area contributed by atoms with Gasteiger partial charge in [0.15, 0.2) is 0 Å². The molecule has 0 spiro atoms. The Bertz CT molecular complexity index is 489. The molecule has 0 bridgehead atoms. The highest BCUT2D eigenvalue weighted by atomic mass is 32.2. The lowest BCUT2D eigenvalue weighted by Crippen LogP contribution is -2.13. The Kier molecular flexibility index (Phi) is 5.55. The second-order valence-corrected chi connectivity index (χ2v) is 6.80. The molecule has 7 heteroatoms. The summed E-state index contributed by atoms with van der Waals surface area (Å²) >= 11 is 1.15. The minimum absolute atomic E-state index is 0.0303. The molecule has 0 aliphatic rings. The maximum absolute atomic E-state index is 12.5. The first-order valence-corrected chi connectivity index (χ1v) is 7.77. The first-order chi connectivity index (χ1) is 8.39. The van der Waals surface area contributed by atoms with Crippen LogP contribution in [0.4, 0.5) is 8.78 Å². The summed E-state index contributed by atoms with van der Waals surface area (Å²) in [5.41, 5.74) is 0. The molecule has 0 aliphatic carbocycles. The van der Waals surface area contributed by atoms with Crippen molar-refractivity contribution in [3.05, 3.63) is 24.3 Å². The van der Waals surface area contributed by atoms with E-state index < -0.39 is 15.6 Å². The third-order valence-electron chi connectivity index (χ3n) is 2.23. The molecule has 1 unspecified atom stereocenters. The molecule has 0 aromatic heterocycles. The normalized spacial score (nSPS) is 13.8. The number of benzene rings is 1. The third-order valence-corrected chi connectivity index (χ3v) is 5.20. The maximum atomic E-state index is 12.5. The summed E-state index contributed by atoms with van der Waals surface area (Å²) in [6.07, 6.45) is 0. The molecule has 18 heavy (non-hydrogen) atoms. The van der Waals surface area contributed by atoms with E-state index in [-0.39, 0.29) is 22.3 Å². The van der Waals surface area contributed by atoms with Crippen LogP contribution in [0.25, 0.3) is 0 Å². The van der Waals surface area contributed by atoms with Crippen LogP contribution in [0.3, 0.4) is 0 Å². The molecule has 1 rings (SSSR count). The van der Waals surface area contributed by atoms with Gasteiger partial charge in [0.25, 0.3) is 0 Å². The van der Waals surface area contributed by atoms with Gasteiger partial charge in [-0.2, -0.15) is 8.78 Å². The number of alkyl halides is 2. The number of hydrogen-bond donors (Lipinski definition) is 1. The van der Waals surface area contributed by atoms with Crippen molar-refractivity contribution in [3.63, 3.8) is 0 Å². The van der Waals surface area contributed by atoms with Crippen molar-refractivity contribution >= 4 is 21.6 Å². The lowest BCUT2D eigenvalue weighted by Gasteiger charge is -2.11. The van der Waals surface area contributed by atoms with Gasteiger partial charge in [0.2, 0.25) is 9.84 Å². The van der Waals surface area contributed by atoms with E-state index >= 15 is 0 Å². The summed E-state index contributed by atoms with van der Waals surface area (Å²) in [5, 5.41) is 8.88. The summed E-state index contributed by atoms with van der Waals surface area (Å²) in [5.74, 6) is -2.99. The van der Waals surface area contributed by atoms with E-state index in [2.05, 4.69) is 0 Å². The Morgan fingerprint density at radius 1 is 1.33 bits per heavy atom. The lowest BCUT2D eigenvalue weighted by molar-refractivity contribution is 0.234. The lowest BCUT2D eigenvalue weighted by atomic mass is 10.2. The van der Waals surface area contributed by atoms with E-state index in [0.29, 0.717) is 5.75 Å². The molecule has 0 fully saturated rings. The van der Waals surface area contributed by atoms with Crippen molar-refractivity contribution in [2.45, 2.75) is 22.5 Å². The zero-order chi connectivity index (χ0) is 13.8. The predicted octanol–water partition coefficient (Wildman–Crippen LogP) is 2.40. The van der Waals surface area contributed by atoms with Gasteiger partial charge in [-0.1, -0.05) is 19.1 Å². The molecule has 0 aliphatic heterocycles. The Hall–Kier alpha value is -0.660. The van der Waals surface area contributed by atoms with Crippen LogP contribution in [0.1, 0.15) is 6.92 Å². The zero-order valence-corrected chi connectivity index (χ0v) is 11.3. The second kappa shape index (κ2) is 6.49. The molecule has 0 saturated carbocycles. The Morgan fingerprint density at radius 3 is 2.50 bits per heavy atom. The van der Waals surface area contributed by atoms with Gasteiger partial charge in [0, 0.05) is 17.3 Å². The standard InChI is InChI=1S/C11H14F2O3S2/c1-8(6-14)7-17-9-4-2-3-5-10(9)18(15,16)11(12)13/h2-5,8,11,14H,6-7H2,1H3. The van der Waals surface area contributed by atoms with Gasteiger partial charge >= 0.3 is 5.76 Å². The van der Waals surface area contributed by atoms with Crippen molar-refractivity contribution in [1.82, 2.24) is 0 Å². The number of hydrogen-bond acceptors (Lipinski definition) is 4. The van der Waals surface area contributed by atoms with Crippen LogP contribution >= 0.6 is 11.8 Å². The Balaban J connectivity index is 3.01. The van der Waals surface area contributed by atoms with Crippen LogP contribution in [-0.2, 0) is 9.84 Å². The van der Waals surface area contributed by atoms with Crippen LogP contribution < -0.4 is 0 Å². The topological polar surface area (TPSA) is 54.4 Å². The van der Waals surface area contributed by atoms with Gasteiger partial charge in [-0.15, -0.1) is 11.8 Å². The van der Waals surface area contributed by atoms with Gasteiger partial charge in [0.05, 0.1) is 4.90 Å². The largest absolute Gasteiger partial charge is 0.396 e. The molecule has 1 aromatic rings. The molecule has 102 valence electrons. The van der Waals surface area contributed by atoms with E-state index in [1.807, 2.05) is 0 Å². The number of aliphatic hydroxyl groups excluding tert-OH is 1. The molecule has 1 aromatic carbocycles. The molecule has 0 saturated heterocycles. The molecular weight excluding hydrogens is 282 g/mol. The smallest absolute Gasteiger partial charge is 0.341 e. The second-order valence-electron chi connectivity index (χ2n) is 3.85. The molecule has 1 atom stereocenters. The van der Waals surface area contributed by atoms with E-state index in [9.17, 15) is 17.2 Å². The van der Waals surface area contributed by atoms with Crippen molar-refractivity contribution in [3.8, 4) is 0 Å². The summed E-state index contributed by atoms with van der Waals surface area (Å²) in [6.45, 7) is 1.76. The van der Waals surface area contributed by atoms with Gasteiger partial charge in [-0.05, 0) is 18.1 Å². The SMILES string of the molecule is CC(CO)CSc1ccccc1S(=O)(=O)C(F)F. The van der Waals surface area contributed by atoms with Crippen LogP contribution in [0.2, 0.25) is 0 Å². The first-order valence-electron chi connectivity index (χ1n) is 5.24. The van der Waals surface area contributed by atoms with E-state index in [0.717, 1.165) is 11.8 Å². The number of rotatable bonds is 6. The molecule has 1 N–H and O–H groups in total. The van der Waals surface area contributed by atoms with Gasteiger partial charge in [0.1, 0.15) is 0 Å². The monoisotopic (exact) mass is 296 g/mol. The minimum atomic E-state index is -4.58. The van der Waals surface area contributed by atoms with Crippen molar-refractivity contribution in [2.24, 2.45) is 5.92 Å². The zero-order valence-electron chi connectivity index (χ0n) is 9.71. The van der Waals surface area contributed by atoms with E-state index in [1.54, 1.807) is 13.0 Å². The Morgan fingerprint density at radius 2 is 1.94 bits per heavy atom.